The third-order valence-corrected chi connectivity index (χ3v) is 9.89. The average molecular weight is 484 g/mol. The average Bonchev–Trinajstić information content (AvgIpc) is 2.75. The van der Waals surface area contributed by atoms with E-state index in [2.05, 4.69) is 48.6 Å². The first-order valence-corrected chi connectivity index (χ1v) is 11.8. The number of imide groups is 1. The highest BCUT2D eigenvalue weighted by Gasteiger charge is 2.55. The molecule has 0 aliphatic rings. The molecule has 1 atom stereocenters. The van der Waals surface area contributed by atoms with Crippen LogP contribution >= 0.6 is 7.26 Å². The molecule has 0 aliphatic carbocycles. The van der Waals surface area contributed by atoms with Gasteiger partial charge in [-0.2, -0.15) is 0 Å². The Balaban J connectivity index is 0.00000320. The van der Waals surface area contributed by atoms with Crippen molar-refractivity contribution in [3.63, 3.8) is 0 Å². The zero-order valence-corrected chi connectivity index (χ0v) is 19.8. The summed E-state index contributed by atoms with van der Waals surface area (Å²) in [6.07, 6.45) is 1.55. The van der Waals surface area contributed by atoms with Gasteiger partial charge in [-0.15, -0.1) is 0 Å². The number of carbonyl (C=O) groups is 2. The molecule has 5 heteroatoms. The van der Waals surface area contributed by atoms with Crippen LogP contribution in [0.1, 0.15) is 26.7 Å². The molecule has 156 valence electrons. The van der Waals surface area contributed by atoms with E-state index in [0.29, 0.717) is 6.42 Å². The van der Waals surface area contributed by atoms with Crippen LogP contribution in [0.4, 0.5) is 0 Å². The Morgan fingerprint density at radius 3 is 1.43 bits per heavy atom. The quantitative estimate of drug-likeness (QED) is 0.505. The third-order valence-electron chi connectivity index (χ3n) is 5.12. The fourth-order valence-electron chi connectivity index (χ4n) is 4.01. The van der Waals surface area contributed by atoms with Crippen LogP contribution in [0.5, 0.6) is 0 Å². The maximum atomic E-state index is 13.4. The van der Waals surface area contributed by atoms with Crippen molar-refractivity contribution in [1.82, 2.24) is 5.32 Å². The Bertz CT molecular complexity index is 852. The molecule has 3 aromatic carbocycles. The zero-order chi connectivity index (χ0) is 20.7. The van der Waals surface area contributed by atoms with Gasteiger partial charge in [0.15, 0.2) is 5.66 Å². The lowest BCUT2D eigenvalue weighted by atomic mass is 10.2. The highest BCUT2D eigenvalue weighted by molar-refractivity contribution is 7.96. The van der Waals surface area contributed by atoms with Crippen molar-refractivity contribution >= 4 is 35.0 Å². The summed E-state index contributed by atoms with van der Waals surface area (Å²) in [5, 5.41) is 6.04. The van der Waals surface area contributed by atoms with E-state index in [4.69, 9.17) is 0 Å². The summed E-state index contributed by atoms with van der Waals surface area (Å²) in [5.41, 5.74) is -0.330. The topological polar surface area (TPSA) is 46.2 Å². The molecular formula is C25H27BrNO2P. The van der Waals surface area contributed by atoms with Crippen LogP contribution in [0.15, 0.2) is 91.0 Å². The molecule has 3 nitrogen and oxygen atoms in total. The lowest BCUT2D eigenvalue weighted by molar-refractivity contribution is -0.129. The summed E-state index contributed by atoms with van der Waals surface area (Å²) in [5.74, 6) is -0.507. The summed E-state index contributed by atoms with van der Waals surface area (Å²) in [7, 11) is -2.36. The molecule has 0 aliphatic heterocycles. The van der Waals surface area contributed by atoms with Crippen LogP contribution in [-0.2, 0) is 9.59 Å². The van der Waals surface area contributed by atoms with Crippen molar-refractivity contribution in [2.24, 2.45) is 0 Å². The molecule has 3 rings (SSSR count). The molecular weight excluding hydrogens is 457 g/mol. The van der Waals surface area contributed by atoms with Gasteiger partial charge in [0.2, 0.25) is 5.91 Å². The van der Waals surface area contributed by atoms with E-state index < -0.39 is 7.26 Å². The molecule has 0 fully saturated rings. The van der Waals surface area contributed by atoms with Crippen molar-refractivity contribution in [1.29, 1.82) is 0 Å². The van der Waals surface area contributed by atoms with E-state index in [1.165, 1.54) is 6.92 Å². The fraction of sp³-hybridized carbons (Fsp3) is 0.200. The van der Waals surface area contributed by atoms with Crippen LogP contribution in [0.3, 0.4) is 0 Å². The first kappa shape index (κ1) is 24.0. The number of carbonyl (C=O) groups excluding carboxylic acids is 2. The summed E-state index contributed by atoms with van der Waals surface area (Å²) < 4.78 is 0. The van der Waals surface area contributed by atoms with Gasteiger partial charge < -0.3 is 17.0 Å². The highest BCUT2D eigenvalue weighted by Crippen LogP contribution is 2.61. The van der Waals surface area contributed by atoms with Gasteiger partial charge in [0, 0.05) is 6.92 Å². The van der Waals surface area contributed by atoms with E-state index in [9.17, 15) is 9.59 Å². The van der Waals surface area contributed by atoms with Crippen LogP contribution in [0.25, 0.3) is 0 Å². The van der Waals surface area contributed by atoms with Crippen LogP contribution in [0.2, 0.25) is 0 Å². The number of hydrogen-bond acceptors (Lipinski definition) is 2. The minimum Gasteiger partial charge on any atom is -1.00 e. The molecule has 0 saturated carbocycles. The molecule has 0 heterocycles. The SMILES string of the molecule is CCCC(C(=O)NC(C)=O)[P+](c1ccccc1)(c1ccccc1)c1ccccc1.[Br-]. The van der Waals surface area contributed by atoms with E-state index >= 15 is 0 Å². The summed E-state index contributed by atoms with van der Waals surface area (Å²) in [4.78, 5) is 25.2. The smallest absolute Gasteiger partial charge is 0.268 e. The number of rotatable bonds is 7. The molecule has 1 unspecified atom stereocenters. The van der Waals surface area contributed by atoms with Crippen LogP contribution in [0, 0.1) is 0 Å². The molecule has 2 amide bonds. The number of nitrogens with one attached hydrogen (secondary N) is 1. The third kappa shape index (κ3) is 4.88. The Morgan fingerprint density at radius 1 is 0.767 bits per heavy atom. The number of amides is 2. The largest absolute Gasteiger partial charge is 1.00 e. The van der Waals surface area contributed by atoms with Crippen molar-refractivity contribution in [3.05, 3.63) is 91.0 Å². The maximum Gasteiger partial charge on any atom is 0.268 e. The Morgan fingerprint density at radius 2 is 1.13 bits per heavy atom. The molecule has 0 bridgehead atoms. The van der Waals surface area contributed by atoms with E-state index in [0.717, 1.165) is 22.3 Å². The minimum atomic E-state index is -2.36. The van der Waals surface area contributed by atoms with Gasteiger partial charge in [0.25, 0.3) is 5.91 Å². The van der Waals surface area contributed by atoms with Gasteiger partial charge in [-0.3, -0.25) is 14.9 Å². The van der Waals surface area contributed by atoms with Crippen molar-refractivity contribution in [3.8, 4) is 0 Å². The first-order valence-electron chi connectivity index (χ1n) is 9.97. The van der Waals surface area contributed by atoms with Crippen molar-refractivity contribution < 1.29 is 26.6 Å². The van der Waals surface area contributed by atoms with E-state index in [1.807, 2.05) is 54.6 Å². The number of benzene rings is 3. The fourth-order valence-corrected chi connectivity index (χ4v) is 8.97. The Labute approximate surface area is 190 Å². The normalized spacial score (nSPS) is 11.8. The maximum absolute atomic E-state index is 13.4. The second kappa shape index (κ2) is 11.2. The lowest BCUT2D eigenvalue weighted by Crippen LogP contribution is -3.00. The molecule has 0 aromatic heterocycles. The molecule has 3 aromatic rings. The van der Waals surface area contributed by atoms with E-state index in [1.54, 1.807) is 0 Å². The molecule has 0 saturated heterocycles. The van der Waals surface area contributed by atoms with E-state index in [-0.39, 0.29) is 34.5 Å². The molecule has 0 spiro atoms. The van der Waals surface area contributed by atoms with Crippen LogP contribution in [-0.4, -0.2) is 17.5 Å². The summed E-state index contributed by atoms with van der Waals surface area (Å²) >= 11 is 0. The second-order valence-corrected chi connectivity index (χ2v) is 10.7. The van der Waals surface area contributed by atoms with Gasteiger partial charge >= 0.3 is 0 Å². The van der Waals surface area contributed by atoms with Gasteiger partial charge in [0.1, 0.15) is 23.2 Å². The minimum absolute atomic E-state index is 0. The van der Waals surface area contributed by atoms with Gasteiger partial charge in [0.05, 0.1) is 0 Å². The van der Waals surface area contributed by atoms with Crippen LogP contribution < -0.4 is 38.2 Å². The standard InChI is InChI=1S/C25H26NO2P.BrH/c1-3-13-24(25(28)26-20(2)27)29(21-14-7-4-8-15-21,22-16-9-5-10-17-22)23-18-11-6-12-19-23;/h4-12,14-19,24H,3,13H2,1-2H3;1H. The van der Waals surface area contributed by atoms with Crippen molar-refractivity contribution in [2.75, 3.05) is 0 Å². The van der Waals surface area contributed by atoms with Gasteiger partial charge in [-0.25, -0.2) is 0 Å². The molecule has 30 heavy (non-hydrogen) atoms. The zero-order valence-electron chi connectivity index (χ0n) is 17.3. The first-order chi connectivity index (χ1) is 14.1. The molecule has 0 radical (unpaired) electrons. The lowest BCUT2D eigenvalue weighted by Gasteiger charge is -2.33. The predicted molar refractivity (Wildman–Crippen MR) is 123 cm³/mol. The number of halogens is 1. The van der Waals surface area contributed by atoms with Gasteiger partial charge in [-0.1, -0.05) is 67.9 Å². The summed E-state index contributed by atoms with van der Waals surface area (Å²) in [6, 6.07) is 30.9. The van der Waals surface area contributed by atoms with Gasteiger partial charge in [-0.05, 0) is 42.8 Å². The second-order valence-electron chi connectivity index (χ2n) is 7.08. The monoisotopic (exact) mass is 483 g/mol. The molecule has 1 N–H and O–H groups in total. The Kier molecular flexibility index (Phi) is 8.95. The highest BCUT2D eigenvalue weighted by atomic mass is 79.9. The van der Waals surface area contributed by atoms with Crippen molar-refractivity contribution in [2.45, 2.75) is 32.3 Å². The number of hydrogen-bond donors (Lipinski definition) is 1. The Hall–Kier alpha value is -2.29. The summed E-state index contributed by atoms with van der Waals surface area (Å²) in [6.45, 7) is 3.48. The predicted octanol–water partition coefficient (Wildman–Crippen LogP) is 0.816.